The first-order valence-corrected chi connectivity index (χ1v) is 7.41. The van der Waals surface area contributed by atoms with E-state index in [9.17, 15) is 0 Å². The zero-order chi connectivity index (χ0) is 13.9. The highest BCUT2D eigenvalue weighted by molar-refractivity contribution is 7.99. The van der Waals surface area contributed by atoms with Crippen LogP contribution >= 0.6 is 11.8 Å². The largest absolute Gasteiger partial charge is 0.382 e. The van der Waals surface area contributed by atoms with Crippen molar-refractivity contribution in [2.75, 3.05) is 11.5 Å². The number of nitrogens with zero attached hydrogens (tertiary/aromatic N) is 4. The van der Waals surface area contributed by atoms with Crippen molar-refractivity contribution in [1.29, 1.82) is 0 Å². The van der Waals surface area contributed by atoms with Crippen molar-refractivity contribution in [2.45, 2.75) is 18.6 Å². The van der Waals surface area contributed by atoms with Crippen molar-refractivity contribution in [3.8, 4) is 0 Å². The highest BCUT2D eigenvalue weighted by Gasteiger charge is 2.11. The summed E-state index contributed by atoms with van der Waals surface area (Å²) in [5.41, 5.74) is 8.61. The second-order valence-corrected chi connectivity index (χ2v) is 5.59. The minimum Gasteiger partial charge on any atom is -0.382 e. The number of anilines is 1. The van der Waals surface area contributed by atoms with Crippen LogP contribution in [0.2, 0.25) is 0 Å². The first-order valence-electron chi connectivity index (χ1n) is 6.43. The third kappa shape index (κ3) is 2.46. The van der Waals surface area contributed by atoms with Crippen LogP contribution in [0.3, 0.4) is 0 Å². The molecule has 0 aliphatic rings. The summed E-state index contributed by atoms with van der Waals surface area (Å²) in [5.74, 6) is 1.36. The molecule has 5 nitrogen and oxygen atoms in total. The van der Waals surface area contributed by atoms with Gasteiger partial charge in [0, 0.05) is 0 Å². The summed E-state index contributed by atoms with van der Waals surface area (Å²) < 4.78 is 2.00. The number of fused-ring (bicyclic) bond motifs is 1. The fraction of sp³-hybridized carbons (Fsp3) is 0.214. The zero-order valence-corrected chi connectivity index (χ0v) is 12.0. The Balaban J connectivity index is 2.03. The van der Waals surface area contributed by atoms with Gasteiger partial charge in [0.15, 0.2) is 16.6 Å². The van der Waals surface area contributed by atoms with Crippen LogP contribution in [0, 0.1) is 0 Å². The minimum absolute atomic E-state index is 0.442. The first kappa shape index (κ1) is 12.9. The van der Waals surface area contributed by atoms with Gasteiger partial charge >= 0.3 is 0 Å². The Labute approximate surface area is 121 Å². The van der Waals surface area contributed by atoms with Gasteiger partial charge in [-0.2, -0.15) is 0 Å². The molecule has 0 atom stereocenters. The molecule has 2 aromatic heterocycles. The van der Waals surface area contributed by atoms with Gasteiger partial charge in [0.25, 0.3) is 0 Å². The van der Waals surface area contributed by atoms with E-state index in [-0.39, 0.29) is 0 Å². The number of hydrogen-bond donors (Lipinski definition) is 1. The molecule has 1 aromatic carbocycles. The highest BCUT2D eigenvalue weighted by atomic mass is 32.2. The molecule has 0 saturated carbocycles. The van der Waals surface area contributed by atoms with Gasteiger partial charge < -0.3 is 10.3 Å². The maximum Gasteiger partial charge on any atom is 0.191 e. The van der Waals surface area contributed by atoms with Crippen molar-refractivity contribution in [3.05, 3.63) is 42.2 Å². The smallest absolute Gasteiger partial charge is 0.191 e. The highest BCUT2D eigenvalue weighted by Crippen LogP contribution is 2.21. The molecule has 20 heavy (non-hydrogen) atoms. The second-order valence-electron chi connectivity index (χ2n) is 4.35. The van der Waals surface area contributed by atoms with Crippen LogP contribution < -0.4 is 5.73 Å². The van der Waals surface area contributed by atoms with E-state index < -0.39 is 0 Å². The van der Waals surface area contributed by atoms with Gasteiger partial charge in [0.1, 0.15) is 5.52 Å². The SMILES string of the molecule is CCSc1nc(N)c2ncn(Cc3ccccc3)c2n1. The molecule has 2 N–H and O–H groups in total. The molecule has 0 saturated heterocycles. The van der Waals surface area contributed by atoms with Crippen molar-refractivity contribution in [3.63, 3.8) is 0 Å². The first-order chi connectivity index (χ1) is 9.78. The van der Waals surface area contributed by atoms with Gasteiger partial charge in [-0.1, -0.05) is 49.0 Å². The molecule has 0 radical (unpaired) electrons. The molecular formula is C14H15N5S. The van der Waals surface area contributed by atoms with Crippen molar-refractivity contribution >= 4 is 28.7 Å². The van der Waals surface area contributed by atoms with E-state index in [0.29, 0.717) is 16.5 Å². The molecular weight excluding hydrogens is 270 g/mol. The zero-order valence-electron chi connectivity index (χ0n) is 11.2. The summed E-state index contributed by atoms with van der Waals surface area (Å²) >= 11 is 1.58. The summed E-state index contributed by atoms with van der Waals surface area (Å²) in [6.45, 7) is 2.79. The van der Waals surface area contributed by atoms with Gasteiger partial charge in [0.2, 0.25) is 0 Å². The number of nitrogens with two attached hydrogens (primary N) is 1. The van der Waals surface area contributed by atoms with E-state index in [0.717, 1.165) is 17.9 Å². The summed E-state index contributed by atoms with van der Waals surface area (Å²) in [5, 5.41) is 0.701. The van der Waals surface area contributed by atoms with E-state index >= 15 is 0 Å². The summed E-state index contributed by atoms with van der Waals surface area (Å²) in [7, 11) is 0. The monoisotopic (exact) mass is 285 g/mol. The number of thioether (sulfide) groups is 1. The number of benzene rings is 1. The number of nitrogen functional groups attached to an aromatic ring is 1. The molecule has 0 bridgehead atoms. The van der Waals surface area contributed by atoms with Crippen molar-refractivity contribution in [1.82, 2.24) is 19.5 Å². The summed E-state index contributed by atoms with van der Waals surface area (Å²) in [4.78, 5) is 13.1. The van der Waals surface area contributed by atoms with E-state index in [1.165, 1.54) is 5.56 Å². The fourth-order valence-electron chi connectivity index (χ4n) is 2.03. The molecule has 0 aliphatic carbocycles. The van der Waals surface area contributed by atoms with Crippen molar-refractivity contribution in [2.24, 2.45) is 0 Å². The number of hydrogen-bond acceptors (Lipinski definition) is 5. The topological polar surface area (TPSA) is 69.6 Å². The molecule has 0 aliphatic heterocycles. The molecule has 0 fully saturated rings. The third-order valence-corrected chi connectivity index (χ3v) is 3.67. The Hall–Kier alpha value is -2.08. The molecule has 2 heterocycles. The lowest BCUT2D eigenvalue weighted by Crippen LogP contribution is -2.02. The lowest BCUT2D eigenvalue weighted by atomic mass is 10.2. The fourth-order valence-corrected chi connectivity index (χ4v) is 2.61. The molecule has 3 rings (SSSR count). The molecule has 102 valence electrons. The van der Waals surface area contributed by atoms with Crippen LogP contribution in [-0.4, -0.2) is 25.3 Å². The van der Waals surface area contributed by atoms with Gasteiger partial charge in [0.05, 0.1) is 12.9 Å². The summed E-state index contributed by atoms with van der Waals surface area (Å²) in [6.07, 6.45) is 1.77. The molecule has 3 aromatic rings. The van der Waals surface area contributed by atoms with E-state index in [1.807, 2.05) is 22.8 Å². The van der Waals surface area contributed by atoms with Crippen LogP contribution in [-0.2, 0) is 6.54 Å². The third-order valence-electron chi connectivity index (χ3n) is 2.94. The molecule has 0 unspecified atom stereocenters. The number of aromatic nitrogens is 4. The Bertz CT molecular complexity index is 723. The van der Waals surface area contributed by atoms with E-state index in [1.54, 1.807) is 18.1 Å². The average Bonchev–Trinajstić information content (AvgIpc) is 2.84. The predicted octanol–water partition coefficient (Wildman–Crippen LogP) is 2.57. The number of rotatable bonds is 4. The minimum atomic E-state index is 0.442. The van der Waals surface area contributed by atoms with Crippen LogP contribution in [0.5, 0.6) is 0 Å². The summed E-state index contributed by atoms with van der Waals surface area (Å²) in [6, 6.07) is 10.2. The predicted molar refractivity (Wildman–Crippen MR) is 81.7 cm³/mol. The Morgan fingerprint density at radius 3 is 2.75 bits per heavy atom. The van der Waals surface area contributed by atoms with Crippen LogP contribution in [0.1, 0.15) is 12.5 Å². The Morgan fingerprint density at radius 2 is 2.00 bits per heavy atom. The quantitative estimate of drug-likeness (QED) is 0.589. The maximum atomic E-state index is 5.95. The van der Waals surface area contributed by atoms with Gasteiger partial charge in [-0.05, 0) is 11.3 Å². The van der Waals surface area contributed by atoms with Crippen molar-refractivity contribution < 1.29 is 0 Å². The maximum absolute atomic E-state index is 5.95. The number of imidazole rings is 1. The van der Waals surface area contributed by atoms with Gasteiger partial charge in [-0.3, -0.25) is 0 Å². The molecule has 0 spiro atoms. The Morgan fingerprint density at radius 1 is 1.20 bits per heavy atom. The molecule has 0 amide bonds. The lowest BCUT2D eigenvalue weighted by Gasteiger charge is -2.05. The molecule has 6 heteroatoms. The Kier molecular flexibility index (Phi) is 3.56. The van der Waals surface area contributed by atoms with Gasteiger partial charge in [-0.15, -0.1) is 0 Å². The second kappa shape index (κ2) is 5.50. The average molecular weight is 285 g/mol. The van der Waals surface area contributed by atoms with Crippen LogP contribution in [0.4, 0.5) is 5.82 Å². The van der Waals surface area contributed by atoms with E-state index in [2.05, 4.69) is 34.0 Å². The standard InChI is InChI=1S/C14H15N5S/c1-2-20-14-17-12(15)11-13(18-14)19(9-16-11)8-10-6-4-3-5-7-10/h3-7,9H,2,8H2,1H3,(H2,15,17,18). The van der Waals surface area contributed by atoms with Gasteiger partial charge in [-0.25, -0.2) is 15.0 Å². The van der Waals surface area contributed by atoms with Crippen LogP contribution in [0.15, 0.2) is 41.8 Å². The normalized spacial score (nSPS) is 11.1. The van der Waals surface area contributed by atoms with E-state index in [4.69, 9.17) is 5.73 Å². The van der Waals surface area contributed by atoms with Crippen LogP contribution in [0.25, 0.3) is 11.2 Å². The lowest BCUT2D eigenvalue weighted by molar-refractivity contribution is 0.805.